The molecule has 2 rings (SSSR count). The molecule has 1 aliphatic rings. The zero-order valence-electron chi connectivity index (χ0n) is 11.4. The fourth-order valence-electron chi connectivity index (χ4n) is 2.54. The standard InChI is InChI=1S/C14H18N2O4/c1-10(18)13-3-2-12(8-14(13)16(19)20)15-6-4-11(9-17)5-7-15/h2-3,8,11,17H,4-7,9H2,1H3. The molecule has 0 amide bonds. The first-order chi connectivity index (χ1) is 9.52. The second-order valence-electron chi connectivity index (χ2n) is 5.13. The Hall–Kier alpha value is -1.95. The van der Waals surface area contributed by atoms with E-state index in [-0.39, 0.29) is 23.6 Å². The molecule has 6 heteroatoms. The molecule has 0 aromatic heterocycles. The molecular formula is C14H18N2O4. The summed E-state index contributed by atoms with van der Waals surface area (Å²) in [4.78, 5) is 24.0. The van der Waals surface area contributed by atoms with E-state index in [0.29, 0.717) is 5.92 Å². The number of anilines is 1. The van der Waals surface area contributed by atoms with Crippen molar-refractivity contribution in [1.29, 1.82) is 0 Å². The van der Waals surface area contributed by atoms with Crippen LogP contribution in [0.4, 0.5) is 11.4 Å². The molecule has 0 saturated carbocycles. The molecule has 0 radical (unpaired) electrons. The molecule has 1 saturated heterocycles. The van der Waals surface area contributed by atoms with Crippen LogP contribution in [0.25, 0.3) is 0 Å². The van der Waals surface area contributed by atoms with Gasteiger partial charge in [-0.1, -0.05) is 0 Å². The van der Waals surface area contributed by atoms with Gasteiger partial charge in [0.2, 0.25) is 0 Å². The van der Waals surface area contributed by atoms with Gasteiger partial charge < -0.3 is 10.0 Å². The predicted molar refractivity (Wildman–Crippen MR) is 75.1 cm³/mol. The molecule has 20 heavy (non-hydrogen) atoms. The summed E-state index contributed by atoms with van der Waals surface area (Å²) in [6.45, 7) is 3.05. The summed E-state index contributed by atoms with van der Waals surface area (Å²) in [5, 5.41) is 20.2. The van der Waals surface area contributed by atoms with Crippen molar-refractivity contribution in [2.45, 2.75) is 19.8 Å². The molecule has 6 nitrogen and oxygen atoms in total. The molecule has 0 aliphatic carbocycles. The minimum Gasteiger partial charge on any atom is -0.396 e. The van der Waals surface area contributed by atoms with Crippen LogP contribution in [-0.2, 0) is 0 Å². The van der Waals surface area contributed by atoms with Gasteiger partial charge in [0, 0.05) is 31.5 Å². The molecule has 1 N–H and O–H groups in total. The Labute approximate surface area is 117 Å². The van der Waals surface area contributed by atoms with Crippen LogP contribution in [0.2, 0.25) is 0 Å². The first-order valence-corrected chi connectivity index (χ1v) is 6.68. The zero-order valence-corrected chi connectivity index (χ0v) is 11.4. The number of aliphatic hydroxyl groups excluding tert-OH is 1. The Morgan fingerprint density at radius 2 is 2.10 bits per heavy atom. The van der Waals surface area contributed by atoms with Gasteiger partial charge in [-0.05, 0) is 37.8 Å². The quantitative estimate of drug-likeness (QED) is 0.517. The number of nitro groups is 1. The topological polar surface area (TPSA) is 83.7 Å². The summed E-state index contributed by atoms with van der Waals surface area (Å²) < 4.78 is 0. The molecule has 1 fully saturated rings. The van der Waals surface area contributed by atoms with E-state index >= 15 is 0 Å². The van der Waals surface area contributed by atoms with Gasteiger partial charge in [0.15, 0.2) is 5.78 Å². The lowest BCUT2D eigenvalue weighted by Crippen LogP contribution is -2.34. The summed E-state index contributed by atoms with van der Waals surface area (Å²) in [7, 11) is 0. The van der Waals surface area contributed by atoms with E-state index < -0.39 is 4.92 Å². The molecule has 1 aromatic carbocycles. The van der Waals surface area contributed by atoms with Crippen molar-refractivity contribution in [3.63, 3.8) is 0 Å². The van der Waals surface area contributed by atoms with E-state index in [9.17, 15) is 14.9 Å². The molecule has 0 bridgehead atoms. The van der Waals surface area contributed by atoms with Crippen LogP contribution in [0.15, 0.2) is 18.2 Å². The van der Waals surface area contributed by atoms with Crippen LogP contribution >= 0.6 is 0 Å². The van der Waals surface area contributed by atoms with Crippen LogP contribution in [0.3, 0.4) is 0 Å². The number of rotatable bonds is 4. The van der Waals surface area contributed by atoms with Gasteiger partial charge in [0.25, 0.3) is 5.69 Å². The monoisotopic (exact) mass is 278 g/mol. The highest BCUT2D eigenvalue weighted by Crippen LogP contribution is 2.29. The Morgan fingerprint density at radius 1 is 1.45 bits per heavy atom. The smallest absolute Gasteiger partial charge is 0.282 e. The second-order valence-corrected chi connectivity index (χ2v) is 5.13. The van der Waals surface area contributed by atoms with Gasteiger partial charge in [-0.15, -0.1) is 0 Å². The highest BCUT2D eigenvalue weighted by Gasteiger charge is 2.23. The van der Waals surface area contributed by atoms with E-state index in [0.717, 1.165) is 31.6 Å². The van der Waals surface area contributed by atoms with Crippen LogP contribution in [0.1, 0.15) is 30.1 Å². The van der Waals surface area contributed by atoms with Crippen molar-refractivity contribution in [2.24, 2.45) is 5.92 Å². The lowest BCUT2D eigenvalue weighted by molar-refractivity contribution is -0.385. The molecule has 0 atom stereocenters. The number of hydrogen-bond donors (Lipinski definition) is 1. The fraction of sp³-hybridized carbons (Fsp3) is 0.500. The maximum absolute atomic E-state index is 11.4. The van der Waals surface area contributed by atoms with E-state index in [1.165, 1.54) is 19.1 Å². The number of aliphatic hydroxyl groups is 1. The van der Waals surface area contributed by atoms with Gasteiger partial charge in [-0.25, -0.2) is 0 Å². The maximum Gasteiger partial charge on any atom is 0.282 e. The fourth-order valence-corrected chi connectivity index (χ4v) is 2.54. The lowest BCUT2D eigenvalue weighted by Gasteiger charge is -2.32. The molecule has 0 unspecified atom stereocenters. The summed E-state index contributed by atoms with van der Waals surface area (Å²) in [5.41, 5.74) is 0.765. The van der Waals surface area contributed by atoms with Crippen molar-refractivity contribution in [2.75, 3.05) is 24.6 Å². The number of Topliss-reactive ketones (excluding diaryl/α,β-unsaturated/α-hetero) is 1. The third-order valence-electron chi connectivity index (χ3n) is 3.80. The number of piperidine rings is 1. The van der Waals surface area contributed by atoms with Crippen molar-refractivity contribution in [3.8, 4) is 0 Å². The van der Waals surface area contributed by atoms with Gasteiger partial charge in [-0.2, -0.15) is 0 Å². The summed E-state index contributed by atoms with van der Waals surface area (Å²) in [6.07, 6.45) is 1.75. The molecule has 1 aliphatic heterocycles. The van der Waals surface area contributed by atoms with Crippen LogP contribution in [0, 0.1) is 16.0 Å². The third-order valence-corrected chi connectivity index (χ3v) is 3.80. The molecule has 108 valence electrons. The van der Waals surface area contributed by atoms with Crippen molar-refractivity contribution < 1.29 is 14.8 Å². The summed E-state index contributed by atoms with van der Waals surface area (Å²) in [5.74, 6) is 0.0139. The lowest BCUT2D eigenvalue weighted by atomic mass is 9.97. The minimum atomic E-state index is -0.513. The van der Waals surface area contributed by atoms with Crippen molar-refractivity contribution in [3.05, 3.63) is 33.9 Å². The van der Waals surface area contributed by atoms with Crippen molar-refractivity contribution >= 4 is 17.2 Å². The predicted octanol–water partition coefficient (Wildman–Crippen LogP) is 2.01. The molecule has 1 aromatic rings. The highest BCUT2D eigenvalue weighted by atomic mass is 16.6. The van der Waals surface area contributed by atoms with Crippen LogP contribution in [-0.4, -0.2) is 35.5 Å². The van der Waals surface area contributed by atoms with E-state index in [1.807, 2.05) is 0 Å². The van der Waals surface area contributed by atoms with E-state index in [2.05, 4.69) is 4.90 Å². The first-order valence-electron chi connectivity index (χ1n) is 6.68. The number of carbonyl (C=O) groups excluding carboxylic acids is 1. The zero-order chi connectivity index (χ0) is 14.7. The first kappa shape index (κ1) is 14.5. The third kappa shape index (κ3) is 2.96. The molecule has 0 spiro atoms. The average Bonchev–Trinajstić information content (AvgIpc) is 2.46. The normalized spacial score (nSPS) is 16.2. The number of ketones is 1. The molecular weight excluding hydrogens is 260 g/mol. The summed E-state index contributed by atoms with van der Waals surface area (Å²) in [6, 6.07) is 4.74. The maximum atomic E-state index is 11.4. The Morgan fingerprint density at radius 3 is 2.60 bits per heavy atom. The Kier molecular flexibility index (Phi) is 4.34. The van der Waals surface area contributed by atoms with Crippen LogP contribution in [0.5, 0.6) is 0 Å². The number of carbonyl (C=O) groups is 1. The average molecular weight is 278 g/mol. The highest BCUT2D eigenvalue weighted by molar-refractivity contribution is 5.98. The number of nitro benzene ring substituents is 1. The Bertz CT molecular complexity index is 522. The van der Waals surface area contributed by atoms with Gasteiger partial charge in [0.05, 0.1) is 10.5 Å². The SMILES string of the molecule is CC(=O)c1ccc(N2CCC(CO)CC2)cc1[N+](=O)[O-]. The second kappa shape index (κ2) is 6.00. The number of hydrogen-bond acceptors (Lipinski definition) is 5. The van der Waals surface area contributed by atoms with Gasteiger partial charge in [0.1, 0.15) is 0 Å². The minimum absolute atomic E-state index is 0.140. The van der Waals surface area contributed by atoms with E-state index in [1.54, 1.807) is 6.07 Å². The number of benzene rings is 1. The van der Waals surface area contributed by atoms with Crippen molar-refractivity contribution in [1.82, 2.24) is 0 Å². The van der Waals surface area contributed by atoms with E-state index in [4.69, 9.17) is 5.11 Å². The van der Waals surface area contributed by atoms with Gasteiger partial charge >= 0.3 is 0 Å². The largest absolute Gasteiger partial charge is 0.396 e. The summed E-state index contributed by atoms with van der Waals surface area (Å²) >= 11 is 0. The van der Waals surface area contributed by atoms with Crippen LogP contribution < -0.4 is 4.90 Å². The van der Waals surface area contributed by atoms with Gasteiger partial charge in [-0.3, -0.25) is 14.9 Å². The number of nitrogens with zero attached hydrogens (tertiary/aromatic N) is 2. The Balaban J connectivity index is 2.24. The molecule has 1 heterocycles.